The number of likely N-dealkylation sites (N-methyl/N-ethyl adjacent to an activating group) is 1. The molecule has 1 atom stereocenters. The van der Waals surface area contributed by atoms with Crippen LogP contribution in [0.25, 0.3) is 0 Å². The minimum Gasteiger partial charge on any atom is -0.497 e. The first-order valence-electron chi connectivity index (χ1n) is 8.46. The zero-order valence-corrected chi connectivity index (χ0v) is 16.3. The number of carbonyl (C=O) groups is 2. The summed E-state index contributed by atoms with van der Waals surface area (Å²) in [5, 5.41) is 5.25. The first kappa shape index (κ1) is 20.3. The van der Waals surface area contributed by atoms with Crippen LogP contribution in [0.4, 0.5) is 5.69 Å². The predicted molar refractivity (Wildman–Crippen MR) is 103 cm³/mol. The molecular weight excluding hydrogens is 348 g/mol. The van der Waals surface area contributed by atoms with Gasteiger partial charge in [0.25, 0.3) is 0 Å². The van der Waals surface area contributed by atoms with E-state index >= 15 is 0 Å². The van der Waals surface area contributed by atoms with Gasteiger partial charge in [-0.2, -0.15) is 0 Å². The van der Waals surface area contributed by atoms with Crippen LogP contribution in [0.15, 0.2) is 36.5 Å². The highest BCUT2D eigenvalue weighted by Crippen LogP contribution is 2.28. The van der Waals surface area contributed by atoms with E-state index in [2.05, 4.69) is 10.6 Å². The Kier molecular flexibility index (Phi) is 6.84. The van der Waals surface area contributed by atoms with E-state index in [-0.39, 0.29) is 6.04 Å². The third-order valence-electron chi connectivity index (χ3n) is 4.27. The topological polar surface area (TPSA) is 84.8 Å². The molecule has 1 heterocycles. The Morgan fingerprint density at radius 1 is 1.15 bits per heavy atom. The Morgan fingerprint density at radius 2 is 1.89 bits per heavy atom. The van der Waals surface area contributed by atoms with Gasteiger partial charge in [0.05, 0.1) is 25.9 Å². The summed E-state index contributed by atoms with van der Waals surface area (Å²) in [4.78, 5) is 26.5. The highest BCUT2D eigenvalue weighted by Gasteiger charge is 2.21. The molecule has 2 N–H and O–H groups in total. The van der Waals surface area contributed by atoms with Gasteiger partial charge in [0.2, 0.25) is 0 Å². The predicted octanol–water partition coefficient (Wildman–Crippen LogP) is 1.40. The number of amides is 2. The van der Waals surface area contributed by atoms with Crippen molar-refractivity contribution in [3.8, 4) is 11.5 Å². The number of aromatic nitrogens is 1. The van der Waals surface area contributed by atoms with E-state index < -0.39 is 11.8 Å². The maximum Gasteiger partial charge on any atom is 0.313 e. The van der Waals surface area contributed by atoms with Crippen molar-refractivity contribution in [3.05, 3.63) is 42.2 Å². The summed E-state index contributed by atoms with van der Waals surface area (Å²) in [5.41, 5.74) is 1.43. The summed E-state index contributed by atoms with van der Waals surface area (Å²) >= 11 is 0. The van der Waals surface area contributed by atoms with Crippen molar-refractivity contribution in [2.24, 2.45) is 7.05 Å². The molecule has 0 saturated carbocycles. The fourth-order valence-electron chi connectivity index (χ4n) is 2.72. The second kappa shape index (κ2) is 9.09. The standard InChI is InChI=1S/C19H26N4O4/c1-22(2)16(15-7-6-10-23(15)3)12-20-18(24)19(25)21-14-9-8-13(26-4)11-17(14)27-5/h6-11,16H,12H2,1-5H3,(H,20,24)(H,21,25). The van der Waals surface area contributed by atoms with Crippen molar-refractivity contribution in [1.82, 2.24) is 14.8 Å². The van der Waals surface area contributed by atoms with Gasteiger partial charge in [-0.1, -0.05) is 0 Å². The highest BCUT2D eigenvalue weighted by atomic mass is 16.5. The Balaban J connectivity index is 2.01. The van der Waals surface area contributed by atoms with Crippen LogP contribution in [-0.4, -0.2) is 56.1 Å². The number of rotatable bonds is 7. The molecule has 146 valence electrons. The van der Waals surface area contributed by atoms with E-state index in [9.17, 15) is 9.59 Å². The molecule has 0 radical (unpaired) electrons. The van der Waals surface area contributed by atoms with Crippen molar-refractivity contribution in [1.29, 1.82) is 0 Å². The Bertz CT molecular complexity index is 801. The average molecular weight is 374 g/mol. The first-order chi connectivity index (χ1) is 12.9. The lowest BCUT2D eigenvalue weighted by Gasteiger charge is -2.25. The lowest BCUT2D eigenvalue weighted by molar-refractivity contribution is -0.136. The second-order valence-electron chi connectivity index (χ2n) is 6.25. The van der Waals surface area contributed by atoms with Crippen LogP contribution in [0.5, 0.6) is 11.5 Å². The lowest BCUT2D eigenvalue weighted by atomic mass is 10.2. The van der Waals surface area contributed by atoms with Gasteiger partial charge in [-0.3, -0.25) is 14.5 Å². The molecule has 27 heavy (non-hydrogen) atoms. The number of carbonyl (C=O) groups excluding carboxylic acids is 2. The van der Waals surface area contributed by atoms with Crippen molar-refractivity contribution in [2.45, 2.75) is 6.04 Å². The highest BCUT2D eigenvalue weighted by molar-refractivity contribution is 6.39. The summed E-state index contributed by atoms with van der Waals surface area (Å²) in [6.07, 6.45) is 1.94. The average Bonchev–Trinajstić information content (AvgIpc) is 3.07. The maximum atomic E-state index is 12.2. The molecular formula is C19H26N4O4. The molecule has 0 spiro atoms. The molecule has 0 aliphatic heterocycles. The van der Waals surface area contributed by atoms with Gasteiger partial charge in [-0.15, -0.1) is 0 Å². The van der Waals surface area contributed by atoms with Crippen molar-refractivity contribution < 1.29 is 19.1 Å². The van der Waals surface area contributed by atoms with Gasteiger partial charge in [0.15, 0.2) is 0 Å². The number of aryl methyl sites for hydroxylation is 1. The van der Waals surface area contributed by atoms with E-state index in [1.54, 1.807) is 18.2 Å². The van der Waals surface area contributed by atoms with Crippen molar-refractivity contribution in [2.75, 3.05) is 40.2 Å². The Hall–Kier alpha value is -3.00. The van der Waals surface area contributed by atoms with E-state index in [0.717, 1.165) is 5.69 Å². The SMILES string of the molecule is COc1ccc(NC(=O)C(=O)NCC(c2cccn2C)N(C)C)c(OC)c1. The summed E-state index contributed by atoms with van der Waals surface area (Å²) < 4.78 is 12.3. The molecule has 8 heteroatoms. The number of hydrogen-bond donors (Lipinski definition) is 2. The van der Waals surface area contributed by atoms with Crippen molar-refractivity contribution >= 4 is 17.5 Å². The number of nitrogens with zero attached hydrogens (tertiary/aromatic N) is 2. The maximum absolute atomic E-state index is 12.2. The quantitative estimate of drug-likeness (QED) is 0.716. The van der Waals surface area contributed by atoms with Crippen LogP contribution in [0.3, 0.4) is 0 Å². The monoisotopic (exact) mass is 374 g/mol. The van der Waals surface area contributed by atoms with Gasteiger partial charge >= 0.3 is 11.8 Å². The molecule has 1 unspecified atom stereocenters. The smallest absolute Gasteiger partial charge is 0.313 e. The number of anilines is 1. The van der Waals surface area contributed by atoms with Gasteiger partial charge in [0.1, 0.15) is 11.5 Å². The van der Waals surface area contributed by atoms with Gasteiger partial charge in [0, 0.05) is 31.5 Å². The zero-order chi connectivity index (χ0) is 20.0. The summed E-state index contributed by atoms with van der Waals surface area (Å²) in [5.74, 6) is -0.479. The number of nitrogens with one attached hydrogen (secondary N) is 2. The normalized spacial score (nSPS) is 11.8. The minimum atomic E-state index is -0.761. The Labute approximate surface area is 159 Å². The van der Waals surface area contributed by atoms with Crippen LogP contribution >= 0.6 is 0 Å². The first-order valence-corrected chi connectivity index (χ1v) is 8.46. The lowest BCUT2D eigenvalue weighted by Crippen LogP contribution is -2.40. The molecule has 0 fully saturated rings. The number of hydrogen-bond acceptors (Lipinski definition) is 5. The number of ether oxygens (including phenoxy) is 2. The summed E-state index contributed by atoms with van der Waals surface area (Å²) in [6, 6.07) is 8.79. The van der Waals surface area contributed by atoms with E-state index in [0.29, 0.717) is 23.7 Å². The molecule has 2 aromatic rings. The van der Waals surface area contributed by atoms with E-state index in [1.807, 2.05) is 48.9 Å². The molecule has 8 nitrogen and oxygen atoms in total. The Morgan fingerprint density at radius 3 is 2.44 bits per heavy atom. The van der Waals surface area contributed by atoms with Crippen molar-refractivity contribution in [3.63, 3.8) is 0 Å². The molecule has 2 rings (SSSR count). The minimum absolute atomic E-state index is 0.0581. The van der Waals surface area contributed by atoms with Gasteiger partial charge < -0.3 is 24.7 Å². The summed E-state index contributed by atoms with van der Waals surface area (Å²) in [6.45, 7) is 0.302. The van der Waals surface area contributed by atoms with Gasteiger partial charge in [-0.25, -0.2) is 0 Å². The number of methoxy groups -OCH3 is 2. The van der Waals surface area contributed by atoms with Crippen LogP contribution in [0, 0.1) is 0 Å². The van der Waals surface area contributed by atoms with Crippen LogP contribution in [0.2, 0.25) is 0 Å². The van der Waals surface area contributed by atoms with Crippen LogP contribution in [0.1, 0.15) is 11.7 Å². The fraction of sp³-hybridized carbons (Fsp3) is 0.368. The molecule has 0 saturated heterocycles. The third kappa shape index (κ3) is 5.01. The van der Waals surface area contributed by atoms with Crippen LogP contribution in [-0.2, 0) is 16.6 Å². The molecule has 1 aromatic heterocycles. The number of benzene rings is 1. The molecule has 1 aromatic carbocycles. The fourth-order valence-corrected chi connectivity index (χ4v) is 2.72. The zero-order valence-electron chi connectivity index (χ0n) is 16.3. The van der Waals surface area contributed by atoms with E-state index in [4.69, 9.17) is 9.47 Å². The molecule has 2 amide bonds. The third-order valence-corrected chi connectivity index (χ3v) is 4.27. The molecule has 0 bridgehead atoms. The van der Waals surface area contributed by atoms with Crippen LogP contribution < -0.4 is 20.1 Å². The molecule has 0 aliphatic carbocycles. The second-order valence-corrected chi connectivity index (χ2v) is 6.25. The van der Waals surface area contributed by atoms with Gasteiger partial charge in [-0.05, 0) is 38.4 Å². The summed E-state index contributed by atoms with van der Waals surface area (Å²) in [7, 11) is 8.80. The largest absolute Gasteiger partial charge is 0.497 e. The van der Waals surface area contributed by atoms with E-state index in [1.165, 1.54) is 14.2 Å². The molecule has 0 aliphatic rings.